The molecule has 2 aromatic rings. The number of thiol groups is 1. The van der Waals surface area contributed by atoms with Crippen LogP contribution in [0.3, 0.4) is 0 Å². The largest absolute Gasteiger partial charge is 0.457 e. The van der Waals surface area contributed by atoms with E-state index in [1.54, 1.807) is 6.07 Å². The Labute approximate surface area is 106 Å². The third kappa shape index (κ3) is 2.68. The molecule has 0 fully saturated rings. The Hall–Kier alpha value is -1.74. The van der Waals surface area contributed by atoms with Crippen LogP contribution in [-0.2, 0) is 0 Å². The fraction of sp³-hybridized carbons (Fsp3) is 0.0714. The first kappa shape index (κ1) is 11.7. The summed E-state index contributed by atoms with van der Waals surface area (Å²) in [4.78, 5) is 11.5. The summed E-state index contributed by atoms with van der Waals surface area (Å²) in [7, 11) is 0. The van der Waals surface area contributed by atoms with Gasteiger partial charge in [-0.1, -0.05) is 30.3 Å². The second-order valence-corrected chi connectivity index (χ2v) is 4.07. The Kier molecular flexibility index (Phi) is 3.49. The van der Waals surface area contributed by atoms with Crippen LogP contribution in [0.5, 0.6) is 11.5 Å². The maximum Gasteiger partial charge on any atom is 0.220 e. The van der Waals surface area contributed by atoms with E-state index in [1.807, 2.05) is 49.4 Å². The van der Waals surface area contributed by atoms with Crippen molar-refractivity contribution in [1.29, 1.82) is 0 Å². The van der Waals surface area contributed by atoms with Gasteiger partial charge in [-0.25, -0.2) is 0 Å². The minimum atomic E-state index is -0.283. The Morgan fingerprint density at radius 3 is 2.41 bits per heavy atom. The maximum absolute atomic E-state index is 11.5. The predicted molar refractivity (Wildman–Crippen MR) is 71.0 cm³/mol. The van der Waals surface area contributed by atoms with E-state index in [0.717, 1.165) is 5.56 Å². The molecule has 17 heavy (non-hydrogen) atoms. The molecule has 0 amide bonds. The van der Waals surface area contributed by atoms with Crippen LogP contribution in [0.15, 0.2) is 48.5 Å². The second kappa shape index (κ2) is 5.06. The molecule has 2 rings (SSSR count). The van der Waals surface area contributed by atoms with Crippen LogP contribution in [0, 0.1) is 6.92 Å². The Morgan fingerprint density at radius 1 is 1.06 bits per heavy atom. The van der Waals surface area contributed by atoms with Crippen molar-refractivity contribution < 1.29 is 9.53 Å². The first-order valence-corrected chi connectivity index (χ1v) is 5.69. The number of rotatable bonds is 3. The lowest BCUT2D eigenvalue weighted by Gasteiger charge is -2.10. The second-order valence-electron chi connectivity index (χ2n) is 3.67. The maximum atomic E-state index is 11.5. The number of ether oxygens (including phenoxy) is 1. The van der Waals surface area contributed by atoms with Gasteiger partial charge in [0.15, 0.2) is 0 Å². The topological polar surface area (TPSA) is 26.3 Å². The van der Waals surface area contributed by atoms with E-state index in [9.17, 15) is 4.79 Å². The molecule has 0 aliphatic carbocycles. The molecule has 0 bridgehead atoms. The average Bonchev–Trinajstić information content (AvgIpc) is 2.30. The summed E-state index contributed by atoms with van der Waals surface area (Å²) in [5.74, 6) is 1.24. The fourth-order valence-electron chi connectivity index (χ4n) is 1.62. The van der Waals surface area contributed by atoms with Gasteiger partial charge in [-0.3, -0.25) is 4.79 Å². The van der Waals surface area contributed by atoms with E-state index in [1.165, 1.54) is 0 Å². The van der Waals surface area contributed by atoms with Crippen LogP contribution in [0.1, 0.15) is 15.9 Å². The number of aryl methyl sites for hydroxylation is 1. The average molecular weight is 244 g/mol. The van der Waals surface area contributed by atoms with Gasteiger partial charge in [0.05, 0.1) is 5.56 Å². The zero-order valence-electron chi connectivity index (χ0n) is 9.38. The molecule has 86 valence electrons. The number of carbonyl (C=O) groups excluding carboxylic acids is 1. The van der Waals surface area contributed by atoms with Crippen molar-refractivity contribution in [1.82, 2.24) is 0 Å². The summed E-state index contributed by atoms with van der Waals surface area (Å²) in [5, 5.41) is -0.283. The number of hydrogen-bond donors (Lipinski definition) is 1. The molecule has 2 aromatic carbocycles. The standard InChI is InChI=1S/C14H12O2S/c1-10-6-5-9-12(13(10)14(15)17)16-11-7-3-2-4-8-11/h2-9H,1H3,(H,15,17). The highest BCUT2D eigenvalue weighted by atomic mass is 32.1. The van der Waals surface area contributed by atoms with Gasteiger partial charge in [0, 0.05) is 0 Å². The molecule has 0 aliphatic rings. The summed E-state index contributed by atoms with van der Waals surface area (Å²) < 4.78 is 5.68. The summed E-state index contributed by atoms with van der Waals surface area (Å²) in [6, 6.07) is 14.8. The molecule has 0 saturated heterocycles. The van der Waals surface area contributed by atoms with E-state index in [0.29, 0.717) is 17.1 Å². The lowest BCUT2D eigenvalue weighted by Crippen LogP contribution is -1.98. The Bertz CT molecular complexity index is 535. The van der Waals surface area contributed by atoms with Gasteiger partial charge in [0.25, 0.3) is 0 Å². The molecule has 0 spiro atoms. The Morgan fingerprint density at radius 2 is 1.76 bits per heavy atom. The number of carbonyl (C=O) groups is 1. The fourth-order valence-corrected chi connectivity index (χ4v) is 1.90. The molecule has 0 aromatic heterocycles. The van der Waals surface area contributed by atoms with Gasteiger partial charge >= 0.3 is 0 Å². The summed E-state index contributed by atoms with van der Waals surface area (Å²) in [6.07, 6.45) is 0. The third-order valence-corrected chi connectivity index (χ3v) is 2.64. The van der Waals surface area contributed by atoms with E-state index in [2.05, 4.69) is 12.6 Å². The lowest BCUT2D eigenvalue weighted by molar-refractivity contribution is 0.108. The van der Waals surface area contributed by atoms with E-state index < -0.39 is 0 Å². The quantitative estimate of drug-likeness (QED) is 0.830. The lowest BCUT2D eigenvalue weighted by atomic mass is 10.1. The van der Waals surface area contributed by atoms with Gasteiger partial charge < -0.3 is 4.74 Å². The van der Waals surface area contributed by atoms with Gasteiger partial charge in [0.1, 0.15) is 11.5 Å². The molecule has 0 unspecified atom stereocenters. The van der Waals surface area contributed by atoms with Gasteiger partial charge in [-0.2, -0.15) is 0 Å². The van der Waals surface area contributed by atoms with Crippen molar-refractivity contribution in [2.24, 2.45) is 0 Å². The molecule has 3 heteroatoms. The van der Waals surface area contributed by atoms with Gasteiger partial charge in [-0.05, 0) is 30.7 Å². The zero-order valence-corrected chi connectivity index (χ0v) is 10.3. The van der Waals surface area contributed by atoms with Gasteiger partial charge in [0.2, 0.25) is 5.12 Å². The van der Waals surface area contributed by atoms with Crippen LogP contribution >= 0.6 is 12.6 Å². The normalized spacial score (nSPS) is 10.0. The van der Waals surface area contributed by atoms with Crippen LogP contribution < -0.4 is 4.74 Å². The van der Waals surface area contributed by atoms with Crippen molar-refractivity contribution in [3.8, 4) is 11.5 Å². The summed E-state index contributed by atoms with van der Waals surface area (Å²) in [6.45, 7) is 1.86. The minimum Gasteiger partial charge on any atom is -0.457 e. The first-order chi connectivity index (χ1) is 8.18. The molecule has 0 atom stereocenters. The highest BCUT2D eigenvalue weighted by molar-refractivity contribution is 7.97. The molecule has 0 radical (unpaired) electrons. The van der Waals surface area contributed by atoms with Crippen LogP contribution in [-0.4, -0.2) is 5.12 Å². The predicted octanol–water partition coefficient (Wildman–Crippen LogP) is 3.86. The van der Waals surface area contributed by atoms with Crippen LogP contribution in [0.4, 0.5) is 0 Å². The first-order valence-electron chi connectivity index (χ1n) is 5.24. The van der Waals surface area contributed by atoms with Crippen molar-refractivity contribution >= 4 is 17.7 Å². The summed E-state index contributed by atoms with van der Waals surface area (Å²) >= 11 is 3.87. The molecule has 0 N–H and O–H groups in total. The van der Waals surface area contributed by atoms with Crippen molar-refractivity contribution in [3.05, 3.63) is 59.7 Å². The van der Waals surface area contributed by atoms with Gasteiger partial charge in [-0.15, -0.1) is 12.6 Å². The number of hydrogen-bond acceptors (Lipinski definition) is 2. The summed E-state index contributed by atoms with van der Waals surface area (Å²) in [5.41, 5.74) is 1.37. The number of para-hydroxylation sites is 1. The highest BCUT2D eigenvalue weighted by Gasteiger charge is 2.12. The monoisotopic (exact) mass is 244 g/mol. The molecular weight excluding hydrogens is 232 g/mol. The minimum absolute atomic E-state index is 0.283. The van der Waals surface area contributed by atoms with E-state index in [4.69, 9.17) is 4.74 Å². The number of benzene rings is 2. The SMILES string of the molecule is Cc1cccc(Oc2ccccc2)c1C(=O)S. The smallest absolute Gasteiger partial charge is 0.220 e. The van der Waals surface area contributed by atoms with E-state index >= 15 is 0 Å². The zero-order chi connectivity index (χ0) is 12.3. The molecule has 0 aliphatic heterocycles. The van der Waals surface area contributed by atoms with Crippen molar-refractivity contribution in [2.75, 3.05) is 0 Å². The van der Waals surface area contributed by atoms with E-state index in [-0.39, 0.29) is 5.12 Å². The third-order valence-electron chi connectivity index (χ3n) is 2.42. The van der Waals surface area contributed by atoms with Crippen LogP contribution in [0.2, 0.25) is 0 Å². The molecular formula is C14H12O2S. The molecule has 0 heterocycles. The molecule has 0 saturated carbocycles. The Balaban J connectivity index is 2.40. The van der Waals surface area contributed by atoms with Crippen LogP contribution in [0.25, 0.3) is 0 Å². The van der Waals surface area contributed by atoms with Crippen molar-refractivity contribution in [3.63, 3.8) is 0 Å². The van der Waals surface area contributed by atoms with Crippen molar-refractivity contribution in [2.45, 2.75) is 6.92 Å². The molecule has 2 nitrogen and oxygen atoms in total. The highest BCUT2D eigenvalue weighted by Crippen LogP contribution is 2.28.